The van der Waals surface area contributed by atoms with Crippen molar-refractivity contribution < 1.29 is 22.7 Å². The van der Waals surface area contributed by atoms with Gasteiger partial charge in [0, 0.05) is 20.1 Å². The molecule has 0 aliphatic heterocycles. The third kappa shape index (κ3) is 7.47. The molecular formula is C19H31N3O5S. The van der Waals surface area contributed by atoms with Crippen LogP contribution in [0.25, 0.3) is 0 Å². The largest absolute Gasteiger partial charge is 0.497 e. The highest BCUT2D eigenvalue weighted by Crippen LogP contribution is 2.15. The van der Waals surface area contributed by atoms with Gasteiger partial charge >= 0.3 is 0 Å². The van der Waals surface area contributed by atoms with Crippen LogP contribution in [0.15, 0.2) is 24.3 Å². The Bertz CT molecular complexity index is 749. The van der Waals surface area contributed by atoms with Crippen LogP contribution < -0.4 is 10.1 Å². The van der Waals surface area contributed by atoms with Gasteiger partial charge in [0.2, 0.25) is 21.8 Å². The fourth-order valence-electron chi connectivity index (χ4n) is 2.44. The van der Waals surface area contributed by atoms with Gasteiger partial charge in [-0.15, -0.1) is 0 Å². The van der Waals surface area contributed by atoms with Crippen molar-refractivity contribution in [2.45, 2.75) is 39.3 Å². The Kier molecular flexibility index (Phi) is 9.40. The zero-order valence-electron chi connectivity index (χ0n) is 17.3. The molecule has 28 heavy (non-hydrogen) atoms. The quantitative estimate of drug-likeness (QED) is 0.550. The average Bonchev–Trinajstić information content (AvgIpc) is 2.65. The Morgan fingerprint density at radius 3 is 2.32 bits per heavy atom. The van der Waals surface area contributed by atoms with Crippen molar-refractivity contribution in [3.63, 3.8) is 0 Å². The van der Waals surface area contributed by atoms with E-state index in [0.717, 1.165) is 29.0 Å². The van der Waals surface area contributed by atoms with Gasteiger partial charge in [-0.3, -0.25) is 9.59 Å². The molecule has 0 unspecified atom stereocenters. The molecule has 0 saturated heterocycles. The van der Waals surface area contributed by atoms with Crippen molar-refractivity contribution in [1.82, 2.24) is 14.5 Å². The van der Waals surface area contributed by atoms with Crippen LogP contribution in [0.5, 0.6) is 5.75 Å². The summed E-state index contributed by atoms with van der Waals surface area (Å²) < 4.78 is 29.4. The molecule has 0 radical (unpaired) electrons. The average molecular weight is 414 g/mol. The number of sulfonamides is 1. The minimum atomic E-state index is -3.51. The van der Waals surface area contributed by atoms with E-state index >= 15 is 0 Å². The fraction of sp³-hybridized carbons (Fsp3) is 0.579. The van der Waals surface area contributed by atoms with Crippen LogP contribution in [-0.2, 0) is 26.2 Å². The van der Waals surface area contributed by atoms with Crippen molar-refractivity contribution in [1.29, 1.82) is 0 Å². The van der Waals surface area contributed by atoms with E-state index in [1.54, 1.807) is 38.3 Å². The van der Waals surface area contributed by atoms with Crippen molar-refractivity contribution >= 4 is 21.8 Å². The summed E-state index contributed by atoms with van der Waals surface area (Å²) in [6.45, 7) is 4.05. The monoisotopic (exact) mass is 413 g/mol. The lowest BCUT2D eigenvalue weighted by atomic mass is 10.1. The maximum Gasteiger partial charge on any atom is 0.242 e. The van der Waals surface area contributed by atoms with E-state index in [-0.39, 0.29) is 19.0 Å². The Balaban J connectivity index is 3.00. The lowest BCUT2D eigenvalue weighted by Crippen LogP contribution is -2.50. The summed E-state index contributed by atoms with van der Waals surface area (Å²) in [6, 6.07) is 6.42. The molecule has 1 aromatic rings. The molecule has 158 valence electrons. The van der Waals surface area contributed by atoms with Gasteiger partial charge in [0.05, 0.1) is 19.9 Å². The first kappa shape index (κ1) is 23.9. The summed E-state index contributed by atoms with van der Waals surface area (Å²) in [5.74, 6) is -0.0250. The molecule has 0 aromatic heterocycles. The SMILES string of the molecule is CCCCNC(=O)[C@H](C)N(Cc1ccc(OC)cc1)C(=O)CN(C)S(C)(=O)=O. The molecule has 1 N–H and O–H groups in total. The highest BCUT2D eigenvalue weighted by atomic mass is 32.2. The minimum Gasteiger partial charge on any atom is -0.497 e. The molecule has 0 aliphatic rings. The van der Waals surface area contributed by atoms with Gasteiger partial charge in [0.15, 0.2) is 0 Å². The highest BCUT2D eigenvalue weighted by Gasteiger charge is 2.28. The fourth-order valence-corrected chi connectivity index (χ4v) is 2.79. The zero-order valence-corrected chi connectivity index (χ0v) is 18.1. The van der Waals surface area contributed by atoms with Crippen LogP contribution in [0, 0.1) is 0 Å². The Morgan fingerprint density at radius 2 is 1.82 bits per heavy atom. The highest BCUT2D eigenvalue weighted by molar-refractivity contribution is 7.88. The second kappa shape index (κ2) is 11.0. The molecule has 9 heteroatoms. The number of nitrogens with zero attached hydrogens (tertiary/aromatic N) is 2. The molecule has 0 heterocycles. The van der Waals surface area contributed by atoms with Crippen molar-refractivity contribution in [3.05, 3.63) is 29.8 Å². The minimum absolute atomic E-state index is 0.183. The predicted octanol–water partition coefficient (Wildman–Crippen LogP) is 1.22. The van der Waals surface area contributed by atoms with Gasteiger partial charge in [-0.25, -0.2) is 8.42 Å². The van der Waals surface area contributed by atoms with Crippen LogP contribution in [0.2, 0.25) is 0 Å². The number of nitrogens with one attached hydrogen (secondary N) is 1. The number of unbranched alkanes of at least 4 members (excludes halogenated alkanes) is 1. The van der Waals surface area contributed by atoms with Gasteiger partial charge < -0.3 is 15.0 Å². The van der Waals surface area contributed by atoms with E-state index in [9.17, 15) is 18.0 Å². The lowest BCUT2D eigenvalue weighted by molar-refractivity contribution is -0.140. The van der Waals surface area contributed by atoms with Crippen LogP contribution in [-0.4, -0.2) is 69.0 Å². The molecule has 0 saturated carbocycles. The first-order chi connectivity index (χ1) is 13.1. The smallest absolute Gasteiger partial charge is 0.242 e. The standard InChI is InChI=1S/C19H31N3O5S/c1-6-7-12-20-19(24)15(2)22(18(23)14-21(3)28(5,25)26)13-16-8-10-17(27-4)11-9-16/h8-11,15H,6-7,12-14H2,1-5H3,(H,20,24)/t15-/m0/s1. The summed E-state index contributed by atoms with van der Waals surface area (Å²) in [5.41, 5.74) is 0.810. The summed E-state index contributed by atoms with van der Waals surface area (Å²) in [4.78, 5) is 26.7. The molecule has 1 atom stereocenters. The number of carbonyl (C=O) groups excluding carboxylic acids is 2. The maximum atomic E-state index is 12.8. The van der Waals surface area contributed by atoms with Crippen molar-refractivity contribution in [2.24, 2.45) is 0 Å². The molecule has 1 aromatic carbocycles. The summed E-state index contributed by atoms with van der Waals surface area (Å²) >= 11 is 0. The van der Waals surface area contributed by atoms with Crippen LogP contribution in [0.1, 0.15) is 32.3 Å². The third-order valence-electron chi connectivity index (χ3n) is 4.43. The number of methoxy groups -OCH3 is 1. The van der Waals surface area contributed by atoms with Gasteiger partial charge in [0.25, 0.3) is 0 Å². The Morgan fingerprint density at radius 1 is 1.21 bits per heavy atom. The third-order valence-corrected chi connectivity index (χ3v) is 5.69. The molecule has 0 bridgehead atoms. The number of hydrogen-bond donors (Lipinski definition) is 1. The second-order valence-electron chi connectivity index (χ2n) is 6.71. The van der Waals surface area contributed by atoms with Gasteiger partial charge in [-0.1, -0.05) is 25.5 Å². The molecule has 0 spiro atoms. The number of likely N-dealkylation sites (N-methyl/N-ethyl adjacent to an activating group) is 1. The topological polar surface area (TPSA) is 96.0 Å². The second-order valence-corrected chi connectivity index (χ2v) is 8.80. The predicted molar refractivity (Wildman–Crippen MR) is 108 cm³/mol. The Hall–Kier alpha value is -2.13. The van der Waals surface area contributed by atoms with Crippen LogP contribution >= 0.6 is 0 Å². The number of benzene rings is 1. The van der Waals surface area contributed by atoms with Gasteiger partial charge in [-0.05, 0) is 31.0 Å². The first-order valence-corrected chi connectivity index (χ1v) is 11.1. The summed E-state index contributed by atoms with van der Waals surface area (Å²) in [6.07, 6.45) is 2.83. The van der Waals surface area contributed by atoms with E-state index < -0.39 is 22.0 Å². The molecule has 1 rings (SSSR count). The van der Waals surface area contributed by atoms with Gasteiger partial charge in [0.1, 0.15) is 11.8 Å². The lowest BCUT2D eigenvalue weighted by Gasteiger charge is -2.30. The van der Waals surface area contributed by atoms with Crippen LogP contribution in [0.4, 0.5) is 0 Å². The number of amides is 2. The summed E-state index contributed by atoms with van der Waals surface area (Å²) in [5, 5.41) is 2.82. The van der Waals surface area contributed by atoms with E-state index in [1.165, 1.54) is 11.9 Å². The zero-order chi connectivity index (χ0) is 21.3. The van der Waals surface area contributed by atoms with E-state index in [2.05, 4.69) is 5.32 Å². The van der Waals surface area contributed by atoms with E-state index in [4.69, 9.17) is 4.74 Å². The van der Waals surface area contributed by atoms with Crippen molar-refractivity contribution in [2.75, 3.05) is 33.5 Å². The first-order valence-electron chi connectivity index (χ1n) is 9.21. The molecular weight excluding hydrogens is 382 g/mol. The van der Waals surface area contributed by atoms with Crippen LogP contribution in [0.3, 0.4) is 0 Å². The number of carbonyl (C=O) groups is 2. The van der Waals surface area contributed by atoms with E-state index in [0.29, 0.717) is 12.3 Å². The van der Waals surface area contributed by atoms with Gasteiger partial charge in [-0.2, -0.15) is 4.31 Å². The number of rotatable bonds is 11. The van der Waals surface area contributed by atoms with Crippen molar-refractivity contribution in [3.8, 4) is 5.75 Å². The molecule has 0 fully saturated rings. The normalized spacial score (nSPS) is 12.5. The molecule has 2 amide bonds. The Labute approximate surface area is 167 Å². The maximum absolute atomic E-state index is 12.8. The summed E-state index contributed by atoms with van der Waals surface area (Å²) in [7, 11) is -0.606. The number of hydrogen-bond acceptors (Lipinski definition) is 5. The number of ether oxygens (including phenoxy) is 1. The van der Waals surface area contributed by atoms with E-state index in [1.807, 2.05) is 6.92 Å². The molecule has 0 aliphatic carbocycles. The molecule has 8 nitrogen and oxygen atoms in total.